The molecule has 5 rings (SSSR count). The zero-order chi connectivity index (χ0) is 36.5. The highest BCUT2D eigenvalue weighted by Gasteiger charge is 2.38. The molecule has 1 fully saturated rings. The van der Waals surface area contributed by atoms with Crippen molar-refractivity contribution in [3.63, 3.8) is 0 Å². The zero-order valence-electron chi connectivity index (χ0n) is 30.0. The molecule has 0 bridgehead atoms. The highest BCUT2D eigenvalue weighted by atomic mass is 19.4. The lowest BCUT2D eigenvalue weighted by molar-refractivity contribution is -0.139. The van der Waals surface area contributed by atoms with E-state index in [1.54, 1.807) is 0 Å². The van der Waals surface area contributed by atoms with Crippen molar-refractivity contribution in [3.8, 4) is 11.1 Å². The Labute approximate surface area is 292 Å². The van der Waals surface area contributed by atoms with E-state index in [1.807, 2.05) is 58.0 Å². The van der Waals surface area contributed by atoms with E-state index in [0.717, 1.165) is 51.6 Å². The number of piperidine rings is 1. The number of rotatable bonds is 11. The van der Waals surface area contributed by atoms with Gasteiger partial charge in [0, 0.05) is 18.3 Å². The van der Waals surface area contributed by atoms with E-state index in [-0.39, 0.29) is 23.9 Å². The average Bonchev–Trinajstić information content (AvgIpc) is 3.51. The summed E-state index contributed by atoms with van der Waals surface area (Å²) in [5, 5.41) is 12.9. The van der Waals surface area contributed by atoms with Gasteiger partial charge in [0.25, 0.3) is 5.56 Å². The molecule has 1 aliphatic heterocycles. The van der Waals surface area contributed by atoms with Gasteiger partial charge >= 0.3 is 12.1 Å². The summed E-state index contributed by atoms with van der Waals surface area (Å²) in [6.45, 7) is 13.2. The Morgan fingerprint density at radius 2 is 1.66 bits per heavy atom. The maximum Gasteiger partial charge on any atom is 0.416 e. The highest BCUT2D eigenvalue weighted by molar-refractivity contribution is 5.82. The Bertz CT molecular complexity index is 1770. The summed E-state index contributed by atoms with van der Waals surface area (Å²) in [6, 6.07) is 8.91. The highest BCUT2D eigenvalue weighted by Crippen LogP contribution is 2.40. The van der Waals surface area contributed by atoms with Crippen LogP contribution in [-0.2, 0) is 28.6 Å². The molecule has 7 nitrogen and oxygen atoms in total. The minimum absolute atomic E-state index is 0.0287. The molecule has 2 aliphatic rings. The van der Waals surface area contributed by atoms with E-state index >= 15 is 0 Å². The van der Waals surface area contributed by atoms with Crippen LogP contribution in [0.3, 0.4) is 0 Å². The monoisotopic (exact) mass is 693 g/mol. The number of carboxylic acid groups (broad SMARTS) is 1. The van der Waals surface area contributed by atoms with Gasteiger partial charge in [-0.1, -0.05) is 38.1 Å². The first-order valence-corrected chi connectivity index (χ1v) is 17.9. The molecular formula is C40H50F3N3O4. The third-order valence-electron chi connectivity index (χ3n) is 10.5. The van der Waals surface area contributed by atoms with Crippen molar-refractivity contribution in [1.29, 1.82) is 0 Å². The minimum Gasteiger partial charge on any atom is -0.481 e. The van der Waals surface area contributed by atoms with Gasteiger partial charge in [-0.05, 0) is 142 Å². The molecule has 0 radical (unpaired) electrons. The smallest absolute Gasteiger partial charge is 0.416 e. The minimum atomic E-state index is -4.73. The summed E-state index contributed by atoms with van der Waals surface area (Å²) < 4.78 is 44.3. The van der Waals surface area contributed by atoms with Gasteiger partial charge in [-0.3, -0.25) is 14.4 Å². The molecule has 3 aromatic rings. The lowest BCUT2D eigenvalue weighted by Crippen LogP contribution is -2.41. The molecule has 1 amide bonds. The number of nitrogens with one attached hydrogen (secondary N) is 1. The number of carboxylic acids is 1. The Balaban J connectivity index is 1.56. The number of alkyl halides is 3. The number of nitrogens with zero attached hydrogens (tertiary/aromatic N) is 2. The summed E-state index contributed by atoms with van der Waals surface area (Å²) in [7, 11) is 0. The summed E-state index contributed by atoms with van der Waals surface area (Å²) in [4.78, 5) is 42.2. The van der Waals surface area contributed by atoms with Crippen LogP contribution in [0.1, 0.15) is 117 Å². The van der Waals surface area contributed by atoms with Gasteiger partial charge < -0.3 is 19.9 Å². The molecule has 270 valence electrons. The number of benzene rings is 2. The normalized spacial score (nSPS) is 16.9. The summed E-state index contributed by atoms with van der Waals surface area (Å²) >= 11 is 0. The lowest BCUT2D eigenvalue weighted by Gasteiger charge is -2.36. The fraction of sp³-hybridized carbons (Fsp3) is 0.525. The fourth-order valence-electron chi connectivity index (χ4n) is 7.99. The molecule has 2 unspecified atom stereocenters. The first-order valence-electron chi connectivity index (χ1n) is 17.9. The van der Waals surface area contributed by atoms with Crippen LogP contribution in [0.25, 0.3) is 11.1 Å². The first kappa shape index (κ1) is 37.3. The Hall–Kier alpha value is -3.92. The molecule has 2 aromatic carbocycles. The number of fused-ring (bicyclic) bond motifs is 1. The second kappa shape index (κ2) is 15.1. The third kappa shape index (κ3) is 8.17. The van der Waals surface area contributed by atoms with Crippen LogP contribution in [-0.4, -0.2) is 45.6 Å². The van der Waals surface area contributed by atoms with Crippen molar-refractivity contribution < 1.29 is 27.9 Å². The average molecular weight is 694 g/mol. The van der Waals surface area contributed by atoms with Gasteiger partial charge in [-0.25, -0.2) is 0 Å². The van der Waals surface area contributed by atoms with E-state index in [9.17, 15) is 32.7 Å². The van der Waals surface area contributed by atoms with Crippen LogP contribution >= 0.6 is 0 Å². The molecule has 0 saturated carbocycles. The number of aliphatic carboxylic acids is 1. The molecule has 1 saturated heterocycles. The Kier molecular flexibility index (Phi) is 11.3. The van der Waals surface area contributed by atoms with Crippen LogP contribution in [0.5, 0.6) is 0 Å². The fourth-order valence-corrected chi connectivity index (χ4v) is 7.99. The van der Waals surface area contributed by atoms with Crippen LogP contribution in [0.4, 0.5) is 13.2 Å². The maximum absolute atomic E-state index is 14.4. The topological polar surface area (TPSA) is 91.6 Å². The lowest BCUT2D eigenvalue weighted by atomic mass is 9.86. The van der Waals surface area contributed by atoms with E-state index in [4.69, 9.17) is 0 Å². The van der Waals surface area contributed by atoms with Crippen molar-refractivity contribution in [3.05, 3.63) is 91.9 Å². The molecule has 0 spiro atoms. The number of hydrogen-bond donors (Lipinski definition) is 2. The molecule has 2 heterocycles. The second-order valence-corrected chi connectivity index (χ2v) is 14.9. The van der Waals surface area contributed by atoms with Crippen molar-refractivity contribution in [1.82, 2.24) is 14.8 Å². The van der Waals surface area contributed by atoms with Gasteiger partial charge in [0.2, 0.25) is 5.91 Å². The second-order valence-electron chi connectivity index (χ2n) is 14.9. The molecule has 10 heteroatoms. The van der Waals surface area contributed by atoms with Crippen molar-refractivity contribution in [2.75, 3.05) is 13.1 Å². The predicted molar refractivity (Wildman–Crippen MR) is 189 cm³/mol. The summed E-state index contributed by atoms with van der Waals surface area (Å²) in [6.07, 6.45) is 0.0292. The van der Waals surface area contributed by atoms with Crippen LogP contribution in [0, 0.1) is 19.8 Å². The van der Waals surface area contributed by atoms with Crippen LogP contribution in [0.15, 0.2) is 47.4 Å². The molecule has 50 heavy (non-hydrogen) atoms. The SMILES string of the molecule is Cc1cccc(C)c1-c1cc(C(CC(=O)O)NC(=O)C(CC(C)C)n2cc(C3CCN(C(C)C)CC3)c(C(F)(F)F)cc2=O)cc2c1CCC2. The molecule has 1 aromatic heterocycles. The Morgan fingerprint density at radius 3 is 2.24 bits per heavy atom. The molecule has 1 aliphatic carbocycles. The number of carbonyl (C=O) groups excluding carboxylic acids is 1. The van der Waals surface area contributed by atoms with Gasteiger partial charge in [0.05, 0.1) is 18.0 Å². The van der Waals surface area contributed by atoms with Gasteiger partial charge in [-0.2, -0.15) is 13.2 Å². The number of halogens is 3. The van der Waals surface area contributed by atoms with Gasteiger partial charge in [0.15, 0.2) is 0 Å². The van der Waals surface area contributed by atoms with Crippen molar-refractivity contribution in [2.45, 2.75) is 117 Å². The largest absolute Gasteiger partial charge is 0.481 e. The van der Waals surface area contributed by atoms with Gasteiger partial charge in [-0.15, -0.1) is 0 Å². The summed E-state index contributed by atoms with van der Waals surface area (Å²) in [5.74, 6) is -2.22. The van der Waals surface area contributed by atoms with Crippen molar-refractivity contribution in [2.24, 2.45) is 5.92 Å². The van der Waals surface area contributed by atoms with E-state index in [0.29, 0.717) is 37.6 Å². The molecule has 2 N–H and O–H groups in total. The number of likely N-dealkylation sites (tertiary alicyclic amines) is 1. The van der Waals surface area contributed by atoms with E-state index in [2.05, 4.69) is 24.1 Å². The zero-order valence-corrected chi connectivity index (χ0v) is 30.0. The predicted octanol–water partition coefficient (Wildman–Crippen LogP) is 8.15. The first-order chi connectivity index (χ1) is 23.5. The van der Waals surface area contributed by atoms with E-state index < -0.39 is 53.6 Å². The number of aryl methyl sites for hydroxylation is 3. The van der Waals surface area contributed by atoms with Crippen molar-refractivity contribution >= 4 is 11.9 Å². The third-order valence-corrected chi connectivity index (χ3v) is 10.5. The quantitative estimate of drug-likeness (QED) is 0.212. The maximum atomic E-state index is 14.4. The summed E-state index contributed by atoms with van der Waals surface area (Å²) in [5.41, 5.74) is 5.48. The number of amides is 1. The number of pyridine rings is 1. The van der Waals surface area contributed by atoms with E-state index in [1.165, 1.54) is 11.8 Å². The number of aromatic nitrogens is 1. The van der Waals surface area contributed by atoms with Crippen LogP contribution < -0.4 is 10.9 Å². The number of hydrogen-bond acceptors (Lipinski definition) is 4. The van der Waals surface area contributed by atoms with Gasteiger partial charge in [0.1, 0.15) is 6.04 Å². The Morgan fingerprint density at radius 1 is 1.00 bits per heavy atom. The molecule has 2 atom stereocenters. The standard InChI is InChI=1S/C40H50F3N3O4/c1-23(2)17-35(46-22-32(33(20-36(46)47)40(41,42)43)27-13-15-45(16-14-27)24(3)4)39(50)44-34(21-37(48)49)29-18-28-11-8-12-30(28)31(19-29)38-25(5)9-7-10-26(38)6/h7,9-10,18-20,22-24,27,34-35H,8,11-17,21H2,1-6H3,(H,44,50)(H,48,49). The molecular weight excluding hydrogens is 643 g/mol. The number of carbonyl (C=O) groups is 2. The van der Waals surface area contributed by atoms with Crippen LogP contribution in [0.2, 0.25) is 0 Å².